The summed E-state index contributed by atoms with van der Waals surface area (Å²) in [6, 6.07) is 18.1. The Balaban J connectivity index is 1.63. The number of benzene rings is 2. The lowest BCUT2D eigenvalue weighted by molar-refractivity contribution is -0.142. The van der Waals surface area contributed by atoms with Crippen molar-refractivity contribution >= 4 is 5.97 Å². The first-order valence-corrected chi connectivity index (χ1v) is 8.61. The van der Waals surface area contributed by atoms with Crippen molar-refractivity contribution in [3.8, 4) is 11.5 Å². The van der Waals surface area contributed by atoms with Crippen LogP contribution in [0.3, 0.4) is 0 Å². The average molecular weight is 372 g/mol. The highest BCUT2D eigenvalue weighted by Crippen LogP contribution is 2.12. The maximum absolute atomic E-state index is 11.9. The van der Waals surface area contributed by atoms with E-state index >= 15 is 0 Å². The lowest BCUT2D eigenvalue weighted by Gasteiger charge is -2.15. The standard InChI is InChI=1S/C21H24O6/c1-16(12-17(22)13-25-19-8-4-2-5-9-19)21(24)27-15-18(23)14-26-20-10-6-3-7-11-20/h2-11,17-18,22-23H,1,12-15H2. The van der Waals surface area contributed by atoms with Crippen molar-refractivity contribution in [2.75, 3.05) is 19.8 Å². The van der Waals surface area contributed by atoms with Crippen molar-refractivity contribution in [3.63, 3.8) is 0 Å². The first-order valence-electron chi connectivity index (χ1n) is 8.61. The number of rotatable bonds is 11. The van der Waals surface area contributed by atoms with Crippen LogP contribution in [-0.2, 0) is 9.53 Å². The molecule has 0 aliphatic rings. The van der Waals surface area contributed by atoms with E-state index in [1.807, 2.05) is 36.4 Å². The van der Waals surface area contributed by atoms with Crippen molar-refractivity contribution in [2.45, 2.75) is 18.6 Å². The summed E-state index contributed by atoms with van der Waals surface area (Å²) in [5, 5.41) is 19.8. The number of para-hydroxylation sites is 2. The zero-order chi connectivity index (χ0) is 19.5. The Kier molecular flexibility index (Phi) is 8.35. The van der Waals surface area contributed by atoms with E-state index in [4.69, 9.17) is 14.2 Å². The van der Waals surface area contributed by atoms with Gasteiger partial charge in [-0.25, -0.2) is 4.79 Å². The Labute approximate surface area is 158 Å². The van der Waals surface area contributed by atoms with E-state index in [1.165, 1.54) is 0 Å². The van der Waals surface area contributed by atoms with Crippen LogP contribution in [-0.4, -0.2) is 48.2 Å². The molecular weight excluding hydrogens is 348 g/mol. The van der Waals surface area contributed by atoms with E-state index in [2.05, 4.69) is 6.58 Å². The molecule has 0 aromatic heterocycles. The van der Waals surface area contributed by atoms with Gasteiger partial charge in [-0.15, -0.1) is 0 Å². The van der Waals surface area contributed by atoms with Gasteiger partial charge in [-0.05, 0) is 24.3 Å². The van der Waals surface area contributed by atoms with Gasteiger partial charge in [0.2, 0.25) is 0 Å². The lowest BCUT2D eigenvalue weighted by atomic mass is 10.1. The van der Waals surface area contributed by atoms with Gasteiger partial charge >= 0.3 is 5.97 Å². The highest BCUT2D eigenvalue weighted by molar-refractivity contribution is 5.87. The zero-order valence-corrected chi connectivity index (χ0v) is 15.0. The summed E-state index contributed by atoms with van der Waals surface area (Å²) in [6.07, 6.45) is -1.84. The molecule has 2 aromatic carbocycles. The van der Waals surface area contributed by atoms with E-state index in [-0.39, 0.29) is 31.8 Å². The molecule has 27 heavy (non-hydrogen) atoms. The fourth-order valence-corrected chi connectivity index (χ4v) is 2.17. The average Bonchev–Trinajstić information content (AvgIpc) is 2.70. The van der Waals surface area contributed by atoms with Gasteiger partial charge in [-0.3, -0.25) is 0 Å². The fraction of sp³-hybridized carbons (Fsp3) is 0.286. The largest absolute Gasteiger partial charge is 0.491 e. The molecule has 0 bridgehead atoms. The first-order chi connectivity index (χ1) is 13.0. The third kappa shape index (κ3) is 7.94. The molecule has 0 amide bonds. The Morgan fingerprint density at radius 1 is 0.815 bits per heavy atom. The van der Waals surface area contributed by atoms with Gasteiger partial charge in [0.25, 0.3) is 0 Å². The number of hydrogen-bond donors (Lipinski definition) is 2. The van der Waals surface area contributed by atoms with Crippen LogP contribution in [0.25, 0.3) is 0 Å². The minimum atomic E-state index is -0.965. The van der Waals surface area contributed by atoms with Gasteiger partial charge in [0.05, 0.1) is 6.10 Å². The minimum absolute atomic E-state index is 0.00267. The third-order valence-electron chi connectivity index (χ3n) is 3.55. The van der Waals surface area contributed by atoms with Gasteiger partial charge in [-0.2, -0.15) is 0 Å². The summed E-state index contributed by atoms with van der Waals surface area (Å²) in [5.74, 6) is 0.577. The molecule has 6 heteroatoms. The number of aliphatic hydroxyl groups excluding tert-OH is 2. The van der Waals surface area contributed by atoms with E-state index in [9.17, 15) is 15.0 Å². The van der Waals surface area contributed by atoms with Crippen molar-refractivity contribution in [2.24, 2.45) is 0 Å². The third-order valence-corrected chi connectivity index (χ3v) is 3.55. The summed E-state index contributed by atoms with van der Waals surface area (Å²) >= 11 is 0. The quantitative estimate of drug-likeness (QED) is 0.465. The Morgan fingerprint density at radius 2 is 1.30 bits per heavy atom. The molecular formula is C21H24O6. The molecule has 0 spiro atoms. The van der Waals surface area contributed by atoms with Gasteiger partial charge in [0, 0.05) is 12.0 Å². The maximum atomic E-state index is 11.9. The highest BCUT2D eigenvalue weighted by atomic mass is 16.5. The van der Waals surface area contributed by atoms with E-state index in [1.54, 1.807) is 24.3 Å². The molecule has 0 aliphatic heterocycles. The predicted octanol–water partition coefficient (Wildman–Crippen LogP) is 2.36. The van der Waals surface area contributed by atoms with E-state index in [0.29, 0.717) is 11.5 Å². The Hall–Kier alpha value is -2.83. The molecule has 6 nitrogen and oxygen atoms in total. The SMILES string of the molecule is C=C(CC(O)COc1ccccc1)C(=O)OCC(O)COc1ccccc1. The minimum Gasteiger partial charge on any atom is -0.491 e. The number of carbonyl (C=O) groups excluding carboxylic acids is 1. The van der Waals surface area contributed by atoms with Crippen LogP contribution in [0.15, 0.2) is 72.8 Å². The maximum Gasteiger partial charge on any atom is 0.333 e. The molecule has 2 N–H and O–H groups in total. The normalized spacial score (nSPS) is 12.7. The van der Waals surface area contributed by atoms with Crippen LogP contribution in [0.2, 0.25) is 0 Å². The molecule has 2 atom stereocenters. The van der Waals surface area contributed by atoms with Crippen molar-refractivity contribution < 1.29 is 29.2 Å². The second-order valence-electron chi connectivity index (χ2n) is 5.96. The highest BCUT2D eigenvalue weighted by Gasteiger charge is 2.16. The molecule has 0 saturated carbocycles. The first kappa shape index (κ1) is 20.5. The van der Waals surface area contributed by atoms with Crippen molar-refractivity contribution in [1.82, 2.24) is 0 Å². The van der Waals surface area contributed by atoms with Crippen LogP contribution in [0.1, 0.15) is 6.42 Å². The number of esters is 1. The van der Waals surface area contributed by atoms with Gasteiger partial charge < -0.3 is 24.4 Å². The Morgan fingerprint density at radius 3 is 1.81 bits per heavy atom. The molecule has 0 heterocycles. The lowest BCUT2D eigenvalue weighted by Crippen LogP contribution is -2.26. The summed E-state index contributed by atoms with van der Waals surface area (Å²) in [5.41, 5.74) is 0.107. The number of carbonyl (C=O) groups is 1. The van der Waals surface area contributed by atoms with Gasteiger partial charge in [-0.1, -0.05) is 43.0 Å². The number of aliphatic hydroxyl groups is 2. The monoisotopic (exact) mass is 372 g/mol. The van der Waals surface area contributed by atoms with Crippen LogP contribution in [0.4, 0.5) is 0 Å². The molecule has 2 aromatic rings. The fourth-order valence-electron chi connectivity index (χ4n) is 2.17. The number of ether oxygens (including phenoxy) is 3. The van der Waals surface area contributed by atoms with Crippen LogP contribution in [0, 0.1) is 0 Å². The van der Waals surface area contributed by atoms with Crippen molar-refractivity contribution in [3.05, 3.63) is 72.8 Å². The molecule has 0 aliphatic carbocycles. The molecule has 144 valence electrons. The van der Waals surface area contributed by atoms with Gasteiger partial charge in [0.15, 0.2) is 0 Å². The van der Waals surface area contributed by atoms with Gasteiger partial charge in [0.1, 0.15) is 37.4 Å². The topological polar surface area (TPSA) is 85.2 Å². The van der Waals surface area contributed by atoms with E-state index in [0.717, 1.165) is 0 Å². The van der Waals surface area contributed by atoms with Crippen LogP contribution >= 0.6 is 0 Å². The molecule has 0 radical (unpaired) electrons. The number of hydrogen-bond acceptors (Lipinski definition) is 6. The smallest absolute Gasteiger partial charge is 0.333 e. The molecule has 0 saturated heterocycles. The summed E-state index contributed by atoms with van der Waals surface area (Å²) < 4.78 is 15.8. The second kappa shape index (κ2) is 11.0. The molecule has 2 unspecified atom stereocenters. The van der Waals surface area contributed by atoms with Crippen LogP contribution < -0.4 is 9.47 Å². The Bertz CT molecular complexity index is 701. The van der Waals surface area contributed by atoms with E-state index < -0.39 is 18.2 Å². The summed E-state index contributed by atoms with van der Waals surface area (Å²) in [6.45, 7) is 3.43. The summed E-state index contributed by atoms with van der Waals surface area (Å²) in [4.78, 5) is 11.9. The van der Waals surface area contributed by atoms with Crippen molar-refractivity contribution in [1.29, 1.82) is 0 Å². The summed E-state index contributed by atoms with van der Waals surface area (Å²) in [7, 11) is 0. The molecule has 0 fully saturated rings. The predicted molar refractivity (Wildman–Crippen MR) is 101 cm³/mol. The zero-order valence-electron chi connectivity index (χ0n) is 15.0. The second-order valence-corrected chi connectivity index (χ2v) is 5.96. The molecule has 2 rings (SSSR count). The van der Waals surface area contributed by atoms with Crippen LogP contribution in [0.5, 0.6) is 11.5 Å².